The molecule has 0 spiro atoms. The molecule has 0 fully saturated rings. The Hall–Kier alpha value is -0.750. The largest absolute Gasteiger partial charge is 0.481 e. The standard InChI is InChI=1S/C4H9NO.C2H7N.C2H4O2.2CH4.H2S/c1-4(6)5(2)3;1-3-2;1-2(3)4;;;/h1-3H3;3H,1-2H3;1H3,(H,3,4);2*1H4;1H2. The van der Waals surface area contributed by atoms with Crippen molar-refractivity contribution in [1.82, 2.24) is 10.2 Å². The highest BCUT2D eigenvalue weighted by atomic mass is 32.1. The fourth-order valence-corrected chi connectivity index (χ4v) is 0. The molecule has 0 unspecified atom stereocenters. The molecule has 0 radical (unpaired) electrons. The summed E-state index contributed by atoms with van der Waals surface area (Å²) in [5, 5.41) is 10.2. The third kappa shape index (κ3) is 188. The van der Waals surface area contributed by atoms with Gasteiger partial charge in [0.2, 0.25) is 5.91 Å². The van der Waals surface area contributed by atoms with Crippen LogP contribution in [0.25, 0.3) is 0 Å². The molecule has 6 heteroatoms. The van der Waals surface area contributed by atoms with Gasteiger partial charge in [-0.3, -0.25) is 9.59 Å². The summed E-state index contributed by atoms with van der Waals surface area (Å²) in [4.78, 5) is 20.6. The first-order valence-corrected chi connectivity index (χ1v) is 3.75. The van der Waals surface area contributed by atoms with E-state index in [4.69, 9.17) is 9.90 Å². The highest BCUT2D eigenvalue weighted by molar-refractivity contribution is 7.59. The third-order valence-corrected chi connectivity index (χ3v) is 0.630. The summed E-state index contributed by atoms with van der Waals surface area (Å²) >= 11 is 0. The Labute approximate surface area is 108 Å². The molecule has 0 atom stereocenters. The first-order valence-electron chi connectivity index (χ1n) is 3.75. The van der Waals surface area contributed by atoms with Crippen LogP contribution in [0.5, 0.6) is 0 Å². The first kappa shape index (κ1) is 36.2. The maximum atomic E-state index is 10.1. The second-order valence-corrected chi connectivity index (χ2v) is 2.43. The number of hydrogen-bond acceptors (Lipinski definition) is 3. The molecule has 0 aliphatic carbocycles. The molecule has 0 saturated heterocycles. The highest BCUT2D eigenvalue weighted by Crippen LogP contribution is 1.69. The number of carboxylic acid groups (broad SMARTS) is 1. The second kappa shape index (κ2) is 29.2. The summed E-state index contributed by atoms with van der Waals surface area (Å²) in [5.74, 6) is -0.741. The molecule has 0 aromatic carbocycles. The molecule has 0 heterocycles. The Bertz CT molecular complexity index is 138. The molecule has 5 nitrogen and oxygen atoms in total. The molecule has 104 valence electrons. The lowest BCUT2D eigenvalue weighted by Crippen LogP contribution is -2.17. The lowest BCUT2D eigenvalue weighted by atomic mass is 10.7. The van der Waals surface area contributed by atoms with Crippen LogP contribution < -0.4 is 5.32 Å². The van der Waals surface area contributed by atoms with Crippen molar-refractivity contribution >= 4 is 25.4 Å². The van der Waals surface area contributed by atoms with Crippen LogP contribution in [0.3, 0.4) is 0 Å². The molecule has 0 saturated carbocycles. The van der Waals surface area contributed by atoms with Gasteiger partial charge in [0.1, 0.15) is 0 Å². The van der Waals surface area contributed by atoms with Gasteiger partial charge < -0.3 is 15.3 Å². The molecule has 0 rings (SSSR count). The van der Waals surface area contributed by atoms with Crippen molar-refractivity contribution in [2.75, 3.05) is 28.2 Å². The van der Waals surface area contributed by atoms with E-state index in [1.807, 2.05) is 14.1 Å². The minimum atomic E-state index is -0.833. The number of amides is 1. The van der Waals surface area contributed by atoms with E-state index in [9.17, 15) is 4.79 Å². The molecule has 0 aromatic rings. The summed E-state index contributed by atoms with van der Waals surface area (Å²) in [5.41, 5.74) is 0. The number of nitrogens with zero attached hydrogens (tertiary/aromatic N) is 1. The lowest BCUT2D eigenvalue weighted by Gasteiger charge is -2.02. The Balaban J connectivity index is -0.0000000226. The van der Waals surface area contributed by atoms with Gasteiger partial charge in [0.05, 0.1) is 0 Å². The molecule has 1 amide bonds. The van der Waals surface area contributed by atoms with Crippen LogP contribution in [0, 0.1) is 0 Å². The predicted octanol–water partition coefficient (Wildman–Crippen LogP) is 1.41. The van der Waals surface area contributed by atoms with E-state index < -0.39 is 5.97 Å². The zero-order chi connectivity index (χ0) is 11.4. The number of nitrogens with one attached hydrogen (secondary N) is 1. The minimum absolute atomic E-state index is 0. The van der Waals surface area contributed by atoms with E-state index in [1.165, 1.54) is 11.8 Å². The molecule has 2 N–H and O–H groups in total. The Morgan fingerprint density at radius 1 is 1.06 bits per heavy atom. The van der Waals surface area contributed by atoms with E-state index in [-0.39, 0.29) is 34.3 Å². The van der Waals surface area contributed by atoms with E-state index in [0.29, 0.717) is 0 Å². The van der Waals surface area contributed by atoms with Crippen LogP contribution in [-0.4, -0.2) is 50.1 Å². The summed E-state index contributed by atoms with van der Waals surface area (Å²) in [6, 6.07) is 0. The van der Waals surface area contributed by atoms with Crippen molar-refractivity contribution in [2.24, 2.45) is 0 Å². The molecular weight excluding hydrogens is 228 g/mol. The summed E-state index contributed by atoms with van der Waals surface area (Å²) in [7, 11) is 7.20. The number of rotatable bonds is 0. The van der Waals surface area contributed by atoms with Crippen LogP contribution in [0.1, 0.15) is 28.7 Å². The summed E-state index contributed by atoms with van der Waals surface area (Å²) < 4.78 is 0. The van der Waals surface area contributed by atoms with Crippen molar-refractivity contribution in [3.63, 3.8) is 0 Å². The van der Waals surface area contributed by atoms with Crippen LogP contribution in [0.2, 0.25) is 0 Å². The lowest BCUT2D eigenvalue weighted by molar-refractivity contribution is -0.134. The molecule has 0 bridgehead atoms. The summed E-state index contributed by atoms with van der Waals surface area (Å²) in [6.07, 6.45) is 0. The number of aliphatic carboxylic acids is 1. The quantitative estimate of drug-likeness (QED) is 0.689. The smallest absolute Gasteiger partial charge is 0.300 e. The Kier molecular flexibility index (Phi) is 66.1. The zero-order valence-electron chi connectivity index (χ0n) is 9.71. The zero-order valence-corrected chi connectivity index (χ0v) is 10.7. The third-order valence-electron chi connectivity index (χ3n) is 0.630. The fourth-order valence-electron chi connectivity index (χ4n) is 0. The van der Waals surface area contributed by atoms with Crippen molar-refractivity contribution < 1.29 is 14.7 Å². The SMILES string of the molecule is C.C.CC(=O)N(C)C.CC(=O)O.CNC.S. The van der Waals surface area contributed by atoms with Gasteiger partial charge >= 0.3 is 0 Å². The van der Waals surface area contributed by atoms with E-state index >= 15 is 0 Å². The van der Waals surface area contributed by atoms with Gasteiger partial charge in [-0.15, -0.1) is 0 Å². The maximum absolute atomic E-state index is 10.1. The van der Waals surface area contributed by atoms with Gasteiger partial charge in [-0.1, -0.05) is 14.9 Å². The molecule has 0 aromatic heterocycles. The average molecular weight is 258 g/mol. The fraction of sp³-hybridized carbons (Fsp3) is 0.800. The number of carbonyl (C=O) groups is 2. The van der Waals surface area contributed by atoms with Gasteiger partial charge in [0.25, 0.3) is 5.97 Å². The van der Waals surface area contributed by atoms with Gasteiger partial charge in [-0.25, -0.2) is 0 Å². The first-order chi connectivity index (χ1) is 5.79. The second-order valence-electron chi connectivity index (χ2n) is 2.43. The number of hydrogen-bond donors (Lipinski definition) is 2. The van der Waals surface area contributed by atoms with E-state index in [2.05, 4.69) is 5.32 Å². The van der Waals surface area contributed by atoms with Crippen molar-refractivity contribution in [3.05, 3.63) is 0 Å². The Morgan fingerprint density at radius 3 is 1.12 bits per heavy atom. The van der Waals surface area contributed by atoms with E-state index in [0.717, 1.165) is 6.92 Å². The molecule has 0 aliphatic rings. The maximum Gasteiger partial charge on any atom is 0.300 e. The normalized spacial score (nSPS) is 5.62. The van der Waals surface area contributed by atoms with Crippen LogP contribution in [0.4, 0.5) is 0 Å². The minimum Gasteiger partial charge on any atom is -0.481 e. The van der Waals surface area contributed by atoms with Crippen LogP contribution >= 0.6 is 13.5 Å². The molecule has 16 heavy (non-hydrogen) atoms. The van der Waals surface area contributed by atoms with Gasteiger partial charge in [-0.2, -0.15) is 13.5 Å². The summed E-state index contributed by atoms with van der Waals surface area (Å²) in [6.45, 7) is 2.61. The number of carbonyl (C=O) groups excluding carboxylic acids is 1. The molecule has 0 aliphatic heterocycles. The van der Waals surface area contributed by atoms with Gasteiger partial charge in [0.15, 0.2) is 0 Å². The van der Waals surface area contributed by atoms with Gasteiger partial charge in [0, 0.05) is 27.9 Å². The highest BCUT2D eigenvalue weighted by Gasteiger charge is 1.87. The average Bonchev–Trinajstić information content (AvgIpc) is 1.87. The van der Waals surface area contributed by atoms with Crippen LogP contribution in [0.15, 0.2) is 0 Å². The van der Waals surface area contributed by atoms with Crippen molar-refractivity contribution in [1.29, 1.82) is 0 Å². The van der Waals surface area contributed by atoms with E-state index in [1.54, 1.807) is 14.1 Å². The van der Waals surface area contributed by atoms with Crippen molar-refractivity contribution in [2.45, 2.75) is 28.7 Å². The number of carboxylic acids is 1. The molecular formula is C10H30N2O3S. The monoisotopic (exact) mass is 258 g/mol. The Morgan fingerprint density at radius 2 is 1.12 bits per heavy atom. The topological polar surface area (TPSA) is 69.6 Å². The van der Waals surface area contributed by atoms with Gasteiger partial charge in [-0.05, 0) is 14.1 Å². The predicted molar refractivity (Wildman–Crippen MR) is 76.5 cm³/mol. The van der Waals surface area contributed by atoms with Crippen molar-refractivity contribution in [3.8, 4) is 0 Å². The van der Waals surface area contributed by atoms with Crippen LogP contribution in [-0.2, 0) is 9.59 Å².